The molecule has 0 aliphatic rings. The van der Waals surface area contributed by atoms with Crippen molar-refractivity contribution in [2.24, 2.45) is 0 Å². The smallest absolute Gasteiger partial charge is 0.220 e. The van der Waals surface area contributed by atoms with Gasteiger partial charge in [0.05, 0.1) is 17.0 Å². The Labute approximate surface area is 150 Å². The van der Waals surface area contributed by atoms with Crippen molar-refractivity contribution < 1.29 is 0 Å². The Morgan fingerprint density at radius 3 is 2.36 bits per heavy atom. The largest absolute Gasteiger partial charge is 0.384 e. The quantitative estimate of drug-likeness (QED) is 0.547. The van der Waals surface area contributed by atoms with E-state index < -0.39 is 0 Å². The second-order valence-corrected chi connectivity index (χ2v) is 6.22. The first-order valence-electron chi connectivity index (χ1n) is 7.59. The molecule has 25 heavy (non-hydrogen) atoms. The van der Waals surface area contributed by atoms with Crippen molar-refractivity contribution in [3.63, 3.8) is 0 Å². The fourth-order valence-electron chi connectivity index (χ4n) is 2.32. The van der Waals surface area contributed by atoms with Crippen LogP contribution in [0.3, 0.4) is 0 Å². The zero-order valence-electron chi connectivity index (χ0n) is 13.9. The van der Waals surface area contributed by atoms with Gasteiger partial charge in [0.15, 0.2) is 0 Å². The molecular weight excluding hydrogens is 330 g/mol. The molecule has 4 N–H and O–H groups in total. The zero-order valence-corrected chi connectivity index (χ0v) is 14.8. The second-order valence-electron chi connectivity index (χ2n) is 5.34. The summed E-state index contributed by atoms with van der Waals surface area (Å²) in [6.07, 6.45) is 3.68. The van der Waals surface area contributed by atoms with E-state index in [1.165, 1.54) is 4.90 Å². The van der Waals surface area contributed by atoms with Gasteiger partial charge in [-0.15, -0.1) is 11.8 Å². The van der Waals surface area contributed by atoms with Gasteiger partial charge in [-0.1, -0.05) is 24.0 Å². The number of hydrogen-bond donors (Lipinski definition) is 2. The van der Waals surface area contributed by atoms with Crippen molar-refractivity contribution in [3.8, 4) is 23.1 Å². The van der Waals surface area contributed by atoms with Crippen LogP contribution >= 0.6 is 11.8 Å². The molecule has 0 aliphatic heterocycles. The molecule has 124 valence electrons. The van der Waals surface area contributed by atoms with E-state index in [1.807, 2.05) is 31.4 Å². The summed E-state index contributed by atoms with van der Waals surface area (Å²) in [7, 11) is 0. The Bertz CT molecular complexity index is 954. The molecule has 0 spiro atoms. The van der Waals surface area contributed by atoms with Crippen LogP contribution in [0, 0.1) is 18.8 Å². The molecule has 2 aromatic heterocycles. The first-order chi connectivity index (χ1) is 12.1. The van der Waals surface area contributed by atoms with Crippen LogP contribution in [0.2, 0.25) is 0 Å². The van der Waals surface area contributed by atoms with Crippen molar-refractivity contribution in [1.29, 1.82) is 0 Å². The summed E-state index contributed by atoms with van der Waals surface area (Å²) < 4.78 is 0. The van der Waals surface area contributed by atoms with Crippen molar-refractivity contribution in [2.45, 2.75) is 11.8 Å². The summed E-state index contributed by atoms with van der Waals surface area (Å²) in [6.45, 7) is 1.88. The highest BCUT2D eigenvalue weighted by Crippen LogP contribution is 2.26. The highest BCUT2D eigenvalue weighted by Gasteiger charge is 2.11. The lowest BCUT2D eigenvalue weighted by Gasteiger charge is -2.08. The van der Waals surface area contributed by atoms with E-state index in [0.29, 0.717) is 5.82 Å². The maximum absolute atomic E-state index is 5.85. The summed E-state index contributed by atoms with van der Waals surface area (Å²) in [5.74, 6) is 6.95. The van der Waals surface area contributed by atoms with Gasteiger partial charge in [0.1, 0.15) is 5.82 Å². The van der Waals surface area contributed by atoms with Crippen LogP contribution in [-0.2, 0) is 0 Å². The van der Waals surface area contributed by atoms with Crippen LogP contribution in [0.15, 0.2) is 47.5 Å². The van der Waals surface area contributed by atoms with Crippen LogP contribution in [0.1, 0.15) is 16.8 Å². The lowest BCUT2D eigenvalue weighted by molar-refractivity contribution is 1.11. The number of pyridine rings is 1. The summed E-state index contributed by atoms with van der Waals surface area (Å²) in [5.41, 5.74) is 15.4. The number of thioether (sulfide) groups is 1. The van der Waals surface area contributed by atoms with E-state index in [-0.39, 0.29) is 5.95 Å². The zero-order chi connectivity index (χ0) is 17.8. The van der Waals surface area contributed by atoms with Crippen LogP contribution in [0.25, 0.3) is 11.3 Å². The van der Waals surface area contributed by atoms with E-state index in [1.54, 1.807) is 24.0 Å². The highest BCUT2D eigenvalue weighted by atomic mass is 32.2. The lowest BCUT2D eigenvalue weighted by Crippen LogP contribution is -2.02. The van der Waals surface area contributed by atoms with Crippen molar-refractivity contribution >= 4 is 23.5 Å². The molecule has 0 saturated carbocycles. The standard InChI is InChI=1S/C19H17N5S/c1-12-16(9-3-13-4-10-17(20)22-11-13)18(24-19(21)23-12)14-5-7-15(25-2)8-6-14/h4-8,10-11H,1-2H3,(H2,20,22)(H2,21,23,24). The highest BCUT2D eigenvalue weighted by molar-refractivity contribution is 7.98. The lowest BCUT2D eigenvalue weighted by atomic mass is 10.0. The van der Waals surface area contributed by atoms with Gasteiger partial charge in [0, 0.05) is 22.2 Å². The summed E-state index contributed by atoms with van der Waals surface area (Å²) in [4.78, 5) is 13.9. The molecule has 3 rings (SSSR count). The number of nitrogen functional groups attached to an aromatic ring is 2. The van der Waals surface area contributed by atoms with E-state index in [2.05, 4.69) is 38.9 Å². The molecule has 1 aromatic carbocycles. The maximum atomic E-state index is 5.85. The fraction of sp³-hybridized carbons (Fsp3) is 0.105. The van der Waals surface area contributed by atoms with Gasteiger partial charge in [-0.25, -0.2) is 15.0 Å². The molecule has 0 fully saturated rings. The number of hydrogen-bond acceptors (Lipinski definition) is 6. The van der Waals surface area contributed by atoms with Gasteiger partial charge in [-0.3, -0.25) is 0 Å². The minimum Gasteiger partial charge on any atom is -0.384 e. The Balaban J connectivity index is 2.08. The number of nitrogens with zero attached hydrogens (tertiary/aromatic N) is 3. The molecule has 0 bridgehead atoms. The molecule has 0 radical (unpaired) electrons. The first kappa shape index (κ1) is 16.8. The minimum atomic E-state index is 0.237. The second kappa shape index (κ2) is 7.24. The molecule has 2 heterocycles. The van der Waals surface area contributed by atoms with E-state index >= 15 is 0 Å². The predicted molar refractivity (Wildman–Crippen MR) is 103 cm³/mol. The van der Waals surface area contributed by atoms with Gasteiger partial charge < -0.3 is 11.5 Å². The van der Waals surface area contributed by atoms with Gasteiger partial charge >= 0.3 is 0 Å². The van der Waals surface area contributed by atoms with E-state index in [4.69, 9.17) is 11.5 Å². The Kier molecular flexibility index (Phi) is 4.87. The Morgan fingerprint density at radius 1 is 0.960 bits per heavy atom. The molecule has 0 aliphatic carbocycles. The Morgan fingerprint density at radius 2 is 1.72 bits per heavy atom. The molecule has 0 amide bonds. The third kappa shape index (κ3) is 3.90. The van der Waals surface area contributed by atoms with Gasteiger partial charge in [0.25, 0.3) is 0 Å². The molecular formula is C19H17N5S. The topological polar surface area (TPSA) is 90.7 Å². The van der Waals surface area contributed by atoms with Gasteiger partial charge in [-0.2, -0.15) is 0 Å². The third-order valence-corrected chi connectivity index (χ3v) is 4.33. The summed E-state index contributed by atoms with van der Waals surface area (Å²) in [6, 6.07) is 11.7. The van der Waals surface area contributed by atoms with Crippen LogP contribution in [0.4, 0.5) is 11.8 Å². The molecule has 0 saturated heterocycles. The molecule has 0 unspecified atom stereocenters. The number of nitrogens with two attached hydrogens (primary N) is 2. The normalized spacial score (nSPS) is 10.2. The third-order valence-electron chi connectivity index (χ3n) is 3.59. The summed E-state index contributed by atoms with van der Waals surface area (Å²) >= 11 is 1.69. The van der Waals surface area contributed by atoms with Gasteiger partial charge in [-0.05, 0) is 37.4 Å². The number of benzene rings is 1. The number of rotatable bonds is 2. The molecule has 5 nitrogen and oxygen atoms in total. The van der Waals surface area contributed by atoms with E-state index in [9.17, 15) is 0 Å². The fourth-order valence-corrected chi connectivity index (χ4v) is 2.72. The van der Waals surface area contributed by atoms with Gasteiger partial charge in [0.2, 0.25) is 5.95 Å². The Hall–Kier alpha value is -3.04. The average Bonchev–Trinajstić information content (AvgIpc) is 2.62. The number of anilines is 2. The summed E-state index contributed by atoms with van der Waals surface area (Å²) in [5, 5.41) is 0. The monoisotopic (exact) mass is 347 g/mol. The van der Waals surface area contributed by atoms with Crippen molar-refractivity contribution in [1.82, 2.24) is 15.0 Å². The average molecular weight is 347 g/mol. The number of aryl methyl sites for hydroxylation is 1. The van der Waals surface area contributed by atoms with Crippen molar-refractivity contribution in [3.05, 3.63) is 59.4 Å². The molecule has 6 heteroatoms. The SMILES string of the molecule is CSc1ccc(-c2nc(N)nc(C)c2C#Cc2ccc(N)nc2)cc1. The minimum absolute atomic E-state index is 0.237. The molecule has 0 atom stereocenters. The predicted octanol–water partition coefficient (Wildman–Crippen LogP) is 3.13. The van der Waals surface area contributed by atoms with Crippen LogP contribution in [-0.4, -0.2) is 21.2 Å². The molecule has 3 aromatic rings. The first-order valence-corrected chi connectivity index (χ1v) is 8.81. The maximum Gasteiger partial charge on any atom is 0.220 e. The van der Waals surface area contributed by atoms with Crippen LogP contribution in [0.5, 0.6) is 0 Å². The van der Waals surface area contributed by atoms with E-state index in [0.717, 1.165) is 28.1 Å². The van der Waals surface area contributed by atoms with Crippen LogP contribution < -0.4 is 11.5 Å². The van der Waals surface area contributed by atoms with Crippen molar-refractivity contribution in [2.75, 3.05) is 17.7 Å². The number of aromatic nitrogens is 3.